The van der Waals surface area contributed by atoms with Crippen molar-refractivity contribution in [3.8, 4) is 0 Å². The topological polar surface area (TPSA) is 53.7 Å². The average Bonchev–Trinajstić information content (AvgIpc) is 3.16. The van der Waals surface area contributed by atoms with Gasteiger partial charge in [-0.25, -0.2) is 9.50 Å². The maximum atomic E-state index is 12.1. The van der Waals surface area contributed by atoms with Gasteiger partial charge in [0, 0.05) is 26.1 Å². The van der Waals surface area contributed by atoms with Crippen molar-refractivity contribution in [2.45, 2.75) is 65.3 Å². The van der Waals surface area contributed by atoms with Crippen LogP contribution in [-0.2, 0) is 11.3 Å². The predicted molar refractivity (Wildman–Crippen MR) is 108 cm³/mol. The van der Waals surface area contributed by atoms with Gasteiger partial charge >= 0.3 is 0 Å². The molecule has 27 heavy (non-hydrogen) atoms. The van der Waals surface area contributed by atoms with E-state index in [9.17, 15) is 4.79 Å². The first kappa shape index (κ1) is 18.9. The molecule has 0 atom stereocenters. The van der Waals surface area contributed by atoms with E-state index in [1.807, 2.05) is 6.92 Å². The molecule has 2 aromatic rings. The molecule has 1 amide bonds. The zero-order valence-electron chi connectivity index (χ0n) is 16.8. The van der Waals surface area contributed by atoms with Gasteiger partial charge in [-0.1, -0.05) is 25.2 Å². The van der Waals surface area contributed by atoms with Gasteiger partial charge in [-0.15, -0.1) is 0 Å². The van der Waals surface area contributed by atoms with Crippen molar-refractivity contribution in [2.24, 2.45) is 5.92 Å². The highest BCUT2D eigenvalue weighted by atomic mass is 32.1. The molecule has 0 unspecified atom stereocenters. The molecule has 2 saturated heterocycles. The van der Waals surface area contributed by atoms with E-state index in [4.69, 9.17) is 4.98 Å². The maximum absolute atomic E-state index is 12.1. The van der Waals surface area contributed by atoms with Gasteiger partial charge in [0.25, 0.3) is 0 Å². The first-order valence-electron chi connectivity index (χ1n) is 10.4. The Morgan fingerprint density at radius 1 is 1.19 bits per heavy atom. The maximum Gasteiger partial charge on any atom is 0.222 e. The standard InChI is InChI=1S/C20H31N5OS/c1-14(2)19-17(25-20(21-19)27-15(3)22-25)13-23-10-7-16(8-11-23)12-24-9-5-4-6-18(24)26/h14,16H,4-13H2,1-3H3. The van der Waals surface area contributed by atoms with Gasteiger partial charge in [-0.2, -0.15) is 5.10 Å². The number of amides is 1. The van der Waals surface area contributed by atoms with Crippen LogP contribution in [0.1, 0.15) is 68.3 Å². The molecule has 0 aliphatic carbocycles. The van der Waals surface area contributed by atoms with Crippen LogP contribution in [0.4, 0.5) is 0 Å². The molecular weight excluding hydrogens is 358 g/mol. The predicted octanol–water partition coefficient (Wildman–Crippen LogP) is 3.45. The number of likely N-dealkylation sites (tertiary alicyclic amines) is 2. The first-order chi connectivity index (χ1) is 13.0. The summed E-state index contributed by atoms with van der Waals surface area (Å²) in [5, 5.41) is 5.75. The van der Waals surface area contributed by atoms with E-state index in [1.165, 1.54) is 30.7 Å². The normalized spacial score (nSPS) is 20.3. The molecule has 2 aromatic heterocycles. The lowest BCUT2D eigenvalue weighted by Gasteiger charge is -2.36. The minimum atomic E-state index is 0.366. The highest BCUT2D eigenvalue weighted by Crippen LogP contribution is 2.27. The summed E-state index contributed by atoms with van der Waals surface area (Å²) in [6.07, 6.45) is 5.35. The Labute approximate surface area is 165 Å². The quantitative estimate of drug-likeness (QED) is 0.786. The molecule has 0 saturated carbocycles. The zero-order valence-corrected chi connectivity index (χ0v) is 17.6. The second-order valence-corrected chi connectivity index (χ2v) is 9.59. The van der Waals surface area contributed by atoms with Crippen LogP contribution in [0.3, 0.4) is 0 Å². The summed E-state index contributed by atoms with van der Waals surface area (Å²) in [5.41, 5.74) is 2.45. The number of hydrogen-bond acceptors (Lipinski definition) is 5. The van der Waals surface area contributed by atoms with E-state index < -0.39 is 0 Å². The summed E-state index contributed by atoms with van der Waals surface area (Å²) in [4.78, 5) is 22.6. The largest absolute Gasteiger partial charge is 0.342 e. The number of hydrogen-bond donors (Lipinski definition) is 0. The highest BCUT2D eigenvalue weighted by Gasteiger charge is 2.27. The number of imidazole rings is 1. The fraction of sp³-hybridized carbons (Fsp3) is 0.750. The number of carbonyl (C=O) groups excluding carboxylic acids is 1. The van der Waals surface area contributed by atoms with Crippen LogP contribution in [-0.4, -0.2) is 56.5 Å². The average molecular weight is 390 g/mol. The van der Waals surface area contributed by atoms with Gasteiger partial charge < -0.3 is 4.90 Å². The van der Waals surface area contributed by atoms with Crippen molar-refractivity contribution < 1.29 is 4.79 Å². The van der Waals surface area contributed by atoms with Crippen LogP contribution in [0.5, 0.6) is 0 Å². The molecule has 2 fully saturated rings. The Morgan fingerprint density at radius 3 is 2.67 bits per heavy atom. The van der Waals surface area contributed by atoms with Crippen molar-refractivity contribution in [3.63, 3.8) is 0 Å². The number of piperidine rings is 2. The van der Waals surface area contributed by atoms with Crippen molar-refractivity contribution in [3.05, 3.63) is 16.4 Å². The van der Waals surface area contributed by atoms with Crippen LogP contribution < -0.4 is 0 Å². The third-order valence-electron chi connectivity index (χ3n) is 5.96. The first-order valence-corrected chi connectivity index (χ1v) is 11.2. The van der Waals surface area contributed by atoms with Gasteiger partial charge in [-0.3, -0.25) is 9.69 Å². The minimum absolute atomic E-state index is 0.366. The summed E-state index contributed by atoms with van der Waals surface area (Å²) < 4.78 is 2.06. The molecular formula is C20H31N5OS. The molecule has 4 heterocycles. The monoisotopic (exact) mass is 389 g/mol. The number of aryl methyl sites for hydroxylation is 1. The molecule has 4 rings (SSSR count). The third kappa shape index (κ3) is 4.04. The van der Waals surface area contributed by atoms with Crippen LogP contribution in [0.15, 0.2) is 0 Å². The summed E-state index contributed by atoms with van der Waals surface area (Å²) in [5.74, 6) is 1.43. The van der Waals surface area contributed by atoms with E-state index >= 15 is 0 Å². The van der Waals surface area contributed by atoms with Crippen LogP contribution in [0.2, 0.25) is 0 Å². The van der Waals surface area contributed by atoms with Crippen molar-refractivity contribution in [1.82, 2.24) is 24.4 Å². The number of rotatable bonds is 5. The zero-order chi connectivity index (χ0) is 19.0. The molecule has 0 N–H and O–H groups in total. The van der Waals surface area contributed by atoms with Crippen LogP contribution in [0, 0.1) is 12.8 Å². The van der Waals surface area contributed by atoms with Crippen molar-refractivity contribution in [2.75, 3.05) is 26.2 Å². The van der Waals surface area contributed by atoms with Crippen LogP contribution >= 0.6 is 11.3 Å². The Kier molecular flexibility index (Phi) is 5.50. The molecule has 6 nitrogen and oxygen atoms in total. The number of carbonyl (C=O) groups is 1. The fourth-order valence-corrected chi connectivity index (χ4v) is 5.19. The summed E-state index contributed by atoms with van der Waals surface area (Å²) in [7, 11) is 0. The van der Waals surface area contributed by atoms with E-state index in [1.54, 1.807) is 11.3 Å². The van der Waals surface area contributed by atoms with Gasteiger partial charge in [-0.05, 0) is 57.5 Å². The number of aromatic nitrogens is 3. The summed E-state index contributed by atoms with van der Waals surface area (Å²) in [6, 6.07) is 0. The smallest absolute Gasteiger partial charge is 0.222 e. The lowest BCUT2D eigenvalue weighted by Crippen LogP contribution is -2.42. The Balaban J connectivity index is 1.38. The summed E-state index contributed by atoms with van der Waals surface area (Å²) in [6.45, 7) is 11.5. The molecule has 0 radical (unpaired) electrons. The van der Waals surface area contributed by atoms with Crippen molar-refractivity contribution >= 4 is 22.2 Å². The molecule has 0 bridgehead atoms. The molecule has 7 heteroatoms. The van der Waals surface area contributed by atoms with Gasteiger partial charge in [0.2, 0.25) is 10.9 Å². The Morgan fingerprint density at radius 2 is 1.96 bits per heavy atom. The van der Waals surface area contributed by atoms with E-state index in [0.717, 1.165) is 55.5 Å². The summed E-state index contributed by atoms with van der Waals surface area (Å²) >= 11 is 1.67. The molecule has 0 aromatic carbocycles. The molecule has 0 spiro atoms. The van der Waals surface area contributed by atoms with Gasteiger partial charge in [0.1, 0.15) is 5.01 Å². The number of nitrogens with zero attached hydrogens (tertiary/aromatic N) is 5. The lowest BCUT2D eigenvalue weighted by atomic mass is 9.95. The van der Waals surface area contributed by atoms with E-state index in [-0.39, 0.29) is 0 Å². The number of fused-ring (bicyclic) bond motifs is 1. The van der Waals surface area contributed by atoms with Crippen LogP contribution in [0.25, 0.3) is 4.96 Å². The Hall–Kier alpha value is -1.47. The fourth-order valence-electron chi connectivity index (χ4n) is 4.42. The molecule has 2 aliphatic heterocycles. The molecule has 2 aliphatic rings. The highest BCUT2D eigenvalue weighted by molar-refractivity contribution is 7.16. The second-order valence-electron chi connectivity index (χ2n) is 8.43. The van der Waals surface area contributed by atoms with Crippen molar-refractivity contribution in [1.29, 1.82) is 0 Å². The van der Waals surface area contributed by atoms with E-state index in [0.29, 0.717) is 17.7 Å². The van der Waals surface area contributed by atoms with Gasteiger partial charge in [0.05, 0.1) is 11.4 Å². The Bertz CT molecular complexity index is 803. The second kappa shape index (κ2) is 7.87. The van der Waals surface area contributed by atoms with E-state index in [2.05, 4.69) is 33.3 Å². The molecule has 148 valence electrons. The lowest BCUT2D eigenvalue weighted by molar-refractivity contribution is -0.134. The SMILES string of the molecule is Cc1nn2c(CN3CCC(CN4CCCCC4=O)CC3)c(C(C)C)nc2s1. The van der Waals surface area contributed by atoms with Gasteiger partial charge in [0.15, 0.2) is 0 Å². The third-order valence-corrected chi connectivity index (χ3v) is 6.78. The minimum Gasteiger partial charge on any atom is -0.342 e.